The molecule has 0 spiro atoms. The Labute approximate surface area is 167 Å². The number of nitrogens with one attached hydrogen (secondary N) is 1. The Kier molecular flexibility index (Phi) is 5.96. The van der Waals surface area contributed by atoms with Gasteiger partial charge < -0.3 is 15.8 Å². The van der Waals surface area contributed by atoms with Crippen LogP contribution in [0.2, 0.25) is 5.02 Å². The predicted molar refractivity (Wildman–Crippen MR) is 107 cm³/mol. The summed E-state index contributed by atoms with van der Waals surface area (Å²) in [7, 11) is 0. The molecule has 28 heavy (non-hydrogen) atoms. The van der Waals surface area contributed by atoms with E-state index in [9.17, 15) is 9.59 Å². The van der Waals surface area contributed by atoms with Gasteiger partial charge >= 0.3 is 0 Å². The Morgan fingerprint density at radius 2 is 2.00 bits per heavy atom. The summed E-state index contributed by atoms with van der Waals surface area (Å²) in [6.45, 7) is 2.67. The lowest BCUT2D eigenvalue weighted by Crippen LogP contribution is -2.18. The fraction of sp³-hybridized carbons (Fsp3) is 0.150. The smallest absolute Gasteiger partial charge is 0.271 e. The lowest BCUT2D eigenvalue weighted by Gasteiger charge is -2.09. The number of hydrogen-bond acceptors (Lipinski definition) is 4. The van der Waals surface area contributed by atoms with Crippen molar-refractivity contribution in [3.8, 4) is 5.75 Å². The molecule has 0 saturated carbocycles. The van der Waals surface area contributed by atoms with Crippen LogP contribution in [-0.4, -0.2) is 21.6 Å². The lowest BCUT2D eigenvalue weighted by atomic mass is 10.1. The Morgan fingerprint density at radius 1 is 1.21 bits per heavy atom. The first-order chi connectivity index (χ1) is 13.5. The number of primary amides is 1. The number of halogens is 1. The number of benzene rings is 2. The van der Waals surface area contributed by atoms with E-state index in [0.717, 1.165) is 5.56 Å². The van der Waals surface area contributed by atoms with Crippen LogP contribution in [0, 0.1) is 0 Å². The zero-order valence-corrected chi connectivity index (χ0v) is 15.9. The monoisotopic (exact) mass is 398 g/mol. The molecular weight excluding hydrogens is 380 g/mol. The molecular formula is C20H19ClN4O3. The number of nitrogens with zero attached hydrogens (tertiary/aromatic N) is 2. The van der Waals surface area contributed by atoms with Gasteiger partial charge in [-0.1, -0.05) is 35.9 Å². The number of anilines is 1. The summed E-state index contributed by atoms with van der Waals surface area (Å²) in [4.78, 5) is 24.1. The van der Waals surface area contributed by atoms with Gasteiger partial charge in [-0.3, -0.25) is 14.3 Å². The molecule has 0 radical (unpaired) electrons. The van der Waals surface area contributed by atoms with Gasteiger partial charge in [-0.05, 0) is 36.8 Å². The zero-order chi connectivity index (χ0) is 20.1. The summed E-state index contributed by atoms with van der Waals surface area (Å²) in [5, 5.41) is 7.26. The summed E-state index contributed by atoms with van der Waals surface area (Å²) in [5.41, 5.74) is 6.85. The number of ether oxygens (including phenoxy) is 1. The highest BCUT2D eigenvalue weighted by atomic mass is 35.5. The first kappa shape index (κ1) is 19.4. The van der Waals surface area contributed by atoms with Gasteiger partial charge in [-0.2, -0.15) is 5.10 Å². The summed E-state index contributed by atoms with van der Waals surface area (Å²) < 4.78 is 7.24. The number of aromatic nitrogens is 2. The normalized spacial score (nSPS) is 10.5. The van der Waals surface area contributed by atoms with Crippen LogP contribution in [0.15, 0.2) is 54.7 Å². The number of hydrogen-bond donors (Lipinski definition) is 2. The molecule has 7 nitrogen and oxygen atoms in total. The van der Waals surface area contributed by atoms with Crippen LogP contribution in [0.3, 0.4) is 0 Å². The molecule has 0 atom stereocenters. The first-order valence-corrected chi connectivity index (χ1v) is 9.00. The van der Waals surface area contributed by atoms with Crippen molar-refractivity contribution in [1.82, 2.24) is 9.78 Å². The standard InChI is InChI=1S/C20H19ClN4O3/c1-2-25-11-16(18(24-25)19(22)26)23-20(27)14-7-5-6-13(10-14)12-28-17-9-4-3-8-15(17)21/h3-11H,2,12H2,1H3,(H2,22,26)(H,23,27). The van der Waals surface area contributed by atoms with Gasteiger partial charge in [0.1, 0.15) is 12.4 Å². The molecule has 3 N–H and O–H groups in total. The second kappa shape index (κ2) is 8.58. The van der Waals surface area contributed by atoms with E-state index >= 15 is 0 Å². The van der Waals surface area contributed by atoms with E-state index in [-0.39, 0.29) is 23.9 Å². The number of carbonyl (C=O) groups excluding carboxylic acids is 2. The molecule has 1 aromatic heterocycles. The van der Waals surface area contributed by atoms with Crippen molar-refractivity contribution in [2.24, 2.45) is 5.73 Å². The van der Waals surface area contributed by atoms with Crippen molar-refractivity contribution < 1.29 is 14.3 Å². The Hall–Kier alpha value is -3.32. The van der Waals surface area contributed by atoms with Gasteiger partial charge in [0.2, 0.25) is 0 Å². The van der Waals surface area contributed by atoms with Crippen molar-refractivity contribution in [3.05, 3.63) is 76.6 Å². The number of aryl methyl sites for hydroxylation is 1. The Morgan fingerprint density at radius 3 is 2.71 bits per heavy atom. The minimum absolute atomic E-state index is 0.0217. The van der Waals surface area contributed by atoms with Crippen molar-refractivity contribution in [3.63, 3.8) is 0 Å². The van der Waals surface area contributed by atoms with Gasteiger partial charge in [0.25, 0.3) is 11.8 Å². The largest absolute Gasteiger partial charge is 0.487 e. The second-order valence-corrected chi connectivity index (χ2v) is 6.39. The van der Waals surface area contributed by atoms with E-state index in [1.165, 1.54) is 4.68 Å². The molecule has 0 fully saturated rings. The highest BCUT2D eigenvalue weighted by molar-refractivity contribution is 6.32. The minimum atomic E-state index is -0.704. The number of nitrogens with two attached hydrogens (primary N) is 1. The highest BCUT2D eigenvalue weighted by Crippen LogP contribution is 2.24. The molecule has 3 rings (SSSR count). The van der Waals surface area contributed by atoms with Crippen LogP contribution in [0.1, 0.15) is 33.3 Å². The van der Waals surface area contributed by atoms with Crippen molar-refractivity contribution >= 4 is 29.1 Å². The second-order valence-electron chi connectivity index (χ2n) is 5.98. The molecule has 3 aromatic rings. The third-order valence-electron chi connectivity index (χ3n) is 3.99. The summed E-state index contributed by atoms with van der Waals surface area (Å²) in [6.07, 6.45) is 1.57. The molecule has 144 valence electrons. The number of amides is 2. The highest BCUT2D eigenvalue weighted by Gasteiger charge is 2.17. The summed E-state index contributed by atoms with van der Waals surface area (Å²) >= 11 is 6.08. The van der Waals surface area contributed by atoms with E-state index < -0.39 is 5.91 Å². The van der Waals surface area contributed by atoms with E-state index in [2.05, 4.69) is 10.4 Å². The molecule has 0 unspecified atom stereocenters. The molecule has 0 aliphatic rings. The van der Waals surface area contributed by atoms with E-state index in [1.807, 2.05) is 25.1 Å². The minimum Gasteiger partial charge on any atom is -0.487 e. The van der Waals surface area contributed by atoms with Gasteiger partial charge in [0.05, 0.1) is 10.7 Å². The molecule has 1 heterocycles. The molecule has 2 amide bonds. The van der Waals surface area contributed by atoms with Crippen LogP contribution < -0.4 is 15.8 Å². The van der Waals surface area contributed by atoms with Gasteiger partial charge in [0.15, 0.2) is 5.69 Å². The predicted octanol–water partition coefficient (Wildman–Crippen LogP) is 3.49. The number of carbonyl (C=O) groups is 2. The van der Waals surface area contributed by atoms with Gasteiger partial charge in [-0.25, -0.2) is 0 Å². The quantitative estimate of drug-likeness (QED) is 0.636. The van der Waals surface area contributed by atoms with Crippen LogP contribution in [0.25, 0.3) is 0 Å². The fourth-order valence-electron chi connectivity index (χ4n) is 2.58. The van der Waals surface area contributed by atoms with Gasteiger partial charge in [-0.15, -0.1) is 0 Å². The first-order valence-electron chi connectivity index (χ1n) is 8.62. The molecule has 0 saturated heterocycles. The van der Waals surface area contributed by atoms with Gasteiger partial charge in [0, 0.05) is 18.3 Å². The van der Waals surface area contributed by atoms with Crippen LogP contribution in [-0.2, 0) is 13.2 Å². The lowest BCUT2D eigenvalue weighted by molar-refractivity contribution is 0.0995. The molecule has 0 aliphatic carbocycles. The third kappa shape index (κ3) is 4.50. The Balaban J connectivity index is 1.73. The third-order valence-corrected chi connectivity index (χ3v) is 4.30. The van der Waals surface area contributed by atoms with Crippen LogP contribution in [0.4, 0.5) is 5.69 Å². The Bertz CT molecular complexity index is 1020. The van der Waals surface area contributed by atoms with Crippen molar-refractivity contribution in [2.45, 2.75) is 20.1 Å². The number of para-hydroxylation sites is 1. The average Bonchev–Trinajstić information content (AvgIpc) is 3.11. The molecule has 8 heteroatoms. The fourth-order valence-corrected chi connectivity index (χ4v) is 2.77. The maximum atomic E-state index is 12.6. The van der Waals surface area contributed by atoms with Crippen LogP contribution in [0.5, 0.6) is 5.75 Å². The topological polar surface area (TPSA) is 99.2 Å². The average molecular weight is 399 g/mol. The number of rotatable bonds is 7. The maximum Gasteiger partial charge on any atom is 0.271 e. The zero-order valence-electron chi connectivity index (χ0n) is 15.2. The molecule has 0 bridgehead atoms. The van der Waals surface area contributed by atoms with Crippen molar-refractivity contribution in [2.75, 3.05) is 5.32 Å². The molecule has 0 aliphatic heterocycles. The maximum absolute atomic E-state index is 12.6. The SMILES string of the molecule is CCn1cc(NC(=O)c2cccc(COc3ccccc3Cl)c2)c(C(N)=O)n1. The molecule has 2 aromatic carbocycles. The summed E-state index contributed by atoms with van der Waals surface area (Å²) in [5.74, 6) is -0.515. The van der Waals surface area contributed by atoms with E-state index in [0.29, 0.717) is 22.9 Å². The van der Waals surface area contributed by atoms with E-state index in [4.69, 9.17) is 22.1 Å². The van der Waals surface area contributed by atoms with Crippen molar-refractivity contribution in [1.29, 1.82) is 0 Å². The summed E-state index contributed by atoms with van der Waals surface area (Å²) in [6, 6.07) is 14.1. The van der Waals surface area contributed by atoms with Crippen LogP contribution >= 0.6 is 11.6 Å². The van der Waals surface area contributed by atoms with E-state index in [1.54, 1.807) is 36.5 Å².